The zero-order valence-corrected chi connectivity index (χ0v) is 6.46. The van der Waals surface area contributed by atoms with Gasteiger partial charge in [0.1, 0.15) is 5.76 Å². The quantitative estimate of drug-likeness (QED) is 0.596. The molecule has 1 aliphatic rings. The van der Waals surface area contributed by atoms with E-state index in [2.05, 4.69) is 12.1 Å². The number of allylic oxidation sites excluding steroid dienone is 1. The Morgan fingerprint density at radius 2 is 2.18 bits per heavy atom. The number of aliphatic hydroxyl groups excluding tert-OH is 1. The monoisotopic (exact) mass is 146 g/mol. The van der Waals surface area contributed by atoms with Crippen molar-refractivity contribution in [3.8, 4) is 0 Å². The topological polar surface area (TPSA) is 20.2 Å². The molecule has 1 aromatic rings. The summed E-state index contributed by atoms with van der Waals surface area (Å²) in [5.74, 6) is 0.434. The third-order valence-electron chi connectivity index (χ3n) is 2.06. The molecule has 0 spiro atoms. The molecule has 0 aliphatic heterocycles. The maximum atomic E-state index is 9.37. The maximum Gasteiger partial charge on any atom is 0.119 e. The Hall–Kier alpha value is -1.24. The van der Waals surface area contributed by atoms with Gasteiger partial charge < -0.3 is 5.11 Å². The van der Waals surface area contributed by atoms with Gasteiger partial charge in [-0.3, -0.25) is 0 Å². The van der Waals surface area contributed by atoms with Crippen molar-refractivity contribution in [3.05, 3.63) is 41.0 Å². The van der Waals surface area contributed by atoms with Crippen LogP contribution in [0.5, 0.6) is 0 Å². The van der Waals surface area contributed by atoms with E-state index in [1.807, 2.05) is 19.1 Å². The van der Waals surface area contributed by atoms with Gasteiger partial charge in [-0.05, 0) is 31.1 Å². The molecule has 0 fully saturated rings. The van der Waals surface area contributed by atoms with Gasteiger partial charge in [0.2, 0.25) is 0 Å². The molecule has 1 heteroatoms. The van der Waals surface area contributed by atoms with Crippen molar-refractivity contribution in [1.29, 1.82) is 0 Å². The Kier molecular flexibility index (Phi) is 1.25. The van der Waals surface area contributed by atoms with Crippen molar-refractivity contribution in [2.24, 2.45) is 0 Å². The number of benzene rings is 1. The van der Waals surface area contributed by atoms with Crippen LogP contribution in [0.15, 0.2) is 24.3 Å². The van der Waals surface area contributed by atoms with Crippen molar-refractivity contribution in [3.63, 3.8) is 0 Å². The lowest BCUT2D eigenvalue weighted by Crippen LogP contribution is -1.84. The standard InChI is InChI=1S/C10H10O/c1-7-2-3-8-4-5-10(11)9(8)6-7/h2-3,5-6,11H,4H2,1H3. The molecule has 0 saturated heterocycles. The first kappa shape index (κ1) is 6.47. The highest BCUT2D eigenvalue weighted by Gasteiger charge is 2.11. The molecule has 11 heavy (non-hydrogen) atoms. The van der Waals surface area contributed by atoms with Crippen LogP contribution >= 0.6 is 0 Å². The average molecular weight is 146 g/mol. The van der Waals surface area contributed by atoms with Crippen LogP contribution in [0, 0.1) is 6.92 Å². The SMILES string of the molecule is Cc1ccc2c(c1)C(O)=CC2. The third-order valence-corrected chi connectivity index (χ3v) is 2.06. The summed E-state index contributed by atoms with van der Waals surface area (Å²) < 4.78 is 0. The van der Waals surface area contributed by atoms with Gasteiger partial charge in [-0.15, -0.1) is 0 Å². The highest BCUT2D eigenvalue weighted by atomic mass is 16.3. The zero-order valence-electron chi connectivity index (χ0n) is 6.46. The van der Waals surface area contributed by atoms with Crippen LogP contribution in [0.1, 0.15) is 16.7 Å². The van der Waals surface area contributed by atoms with Gasteiger partial charge in [-0.2, -0.15) is 0 Å². The zero-order chi connectivity index (χ0) is 7.84. The minimum atomic E-state index is 0.434. The molecule has 0 atom stereocenters. The number of rotatable bonds is 0. The summed E-state index contributed by atoms with van der Waals surface area (Å²) in [7, 11) is 0. The van der Waals surface area contributed by atoms with E-state index in [1.165, 1.54) is 11.1 Å². The number of aryl methyl sites for hydroxylation is 1. The molecule has 1 aliphatic carbocycles. The summed E-state index contributed by atoms with van der Waals surface area (Å²) in [5.41, 5.74) is 3.43. The van der Waals surface area contributed by atoms with Gasteiger partial charge in [-0.1, -0.05) is 17.7 Å². The van der Waals surface area contributed by atoms with Crippen LogP contribution in [-0.4, -0.2) is 5.11 Å². The molecule has 1 aromatic carbocycles. The Morgan fingerprint density at radius 3 is 3.00 bits per heavy atom. The van der Waals surface area contributed by atoms with Crippen molar-refractivity contribution in [1.82, 2.24) is 0 Å². The lowest BCUT2D eigenvalue weighted by atomic mass is 10.1. The molecule has 0 saturated carbocycles. The van der Waals surface area contributed by atoms with Crippen LogP contribution in [0.4, 0.5) is 0 Å². The van der Waals surface area contributed by atoms with Gasteiger partial charge in [0.05, 0.1) is 0 Å². The van der Waals surface area contributed by atoms with Crippen LogP contribution in [0.2, 0.25) is 0 Å². The second kappa shape index (κ2) is 2.12. The van der Waals surface area contributed by atoms with Gasteiger partial charge >= 0.3 is 0 Å². The van der Waals surface area contributed by atoms with E-state index >= 15 is 0 Å². The fourth-order valence-corrected chi connectivity index (χ4v) is 1.42. The first-order valence-electron chi connectivity index (χ1n) is 3.76. The van der Waals surface area contributed by atoms with Crippen molar-refractivity contribution in [2.75, 3.05) is 0 Å². The maximum absolute atomic E-state index is 9.37. The van der Waals surface area contributed by atoms with E-state index < -0.39 is 0 Å². The fourth-order valence-electron chi connectivity index (χ4n) is 1.42. The Labute approximate surface area is 66.0 Å². The lowest BCUT2D eigenvalue weighted by molar-refractivity contribution is 0.513. The van der Waals surface area contributed by atoms with Crippen molar-refractivity contribution < 1.29 is 5.11 Å². The molecule has 0 amide bonds. The molecule has 56 valence electrons. The third kappa shape index (κ3) is 0.929. The number of fused-ring (bicyclic) bond motifs is 1. The van der Waals surface area contributed by atoms with Crippen LogP contribution in [0.25, 0.3) is 5.76 Å². The molecular formula is C10H10O. The van der Waals surface area contributed by atoms with Crippen LogP contribution in [0.3, 0.4) is 0 Å². The van der Waals surface area contributed by atoms with E-state index in [4.69, 9.17) is 0 Å². The van der Waals surface area contributed by atoms with Crippen molar-refractivity contribution in [2.45, 2.75) is 13.3 Å². The van der Waals surface area contributed by atoms with Gasteiger partial charge in [0.15, 0.2) is 0 Å². The Bertz CT molecular complexity index is 324. The minimum absolute atomic E-state index is 0.434. The van der Waals surface area contributed by atoms with E-state index in [0.717, 1.165) is 12.0 Å². The first-order chi connectivity index (χ1) is 5.27. The van der Waals surface area contributed by atoms with Crippen LogP contribution < -0.4 is 0 Å². The highest BCUT2D eigenvalue weighted by molar-refractivity contribution is 5.67. The summed E-state index contributed by atoms with van der Waals surface area (Å²) in [6, 6.07) is 6.17. The second-order valence-electron chi connectivity index (χ2n) is 2.95. The number of aliphatic hydroxyl groups is 1. The smallest absolute Gasteiger partial charge is 0.119 e. The fraction of sp³-hybridized carbons (Fsp3) is 0.200. The Balaban J connectivity index is 2.60. The highest BCUT2D eigenvalue weighted by Crippen LogP contribution is 2.25. The summed E-state index contributed by atoms with van der Waals surface area (Å²) >= 11 is 0. The second-order valence-corrected chi connectivity index (χ2v) is 2.95. The van der Waals surface area contributed by atoms with E-state index in [0.29, 0.717) is 5.76 Å². The number of hydrogen-bond acceptors (Lipinski definition) is 1. The molecule has 0 heterocycles. The summed E-state index contributed by atoms with van der Waals surface area (Å²) in [5, 5.41) is 9.37. The molecule has 1 N–H and O–H groups in total. The van der Waals surface area contributed by atoms with Gasteiger partial charge in [0, 0.05) is 5.56 Å². The van der Waals surface area contributed by atoms with E-state index in [-0.39, 0.29) is 0 Å². The summed E-state index contributed by atoms with van der Waals surface area (Å²) in [6.45, 7) is 2.03. The van der Waals surface area contributed by atoms with Gasteiger partial charge in [-0.25, -0.2) is 0 Å². The lowest BCUT2D eigenvalue weighted by Gasteiger charge is -2.00. The van der Waals surface area contributed by atoms with E-state index in [1.54, 1.807) is 0 Å². The molecule has 2 rings (SSSR count). The minimum Gasteiger partial charge on any atom is -0.508 e. The molecule has 0 bridgehead atoms. The predicted molar refractivity (Wildman–Crippen MR) is 45.5 cm³/mol. The predicted octanol–water partition coefficient (Wildman–Crippen LogP) is 2.45. The normalized spacial score (nSPS) is 14.5. The first-order valence-corrected chi connectivity index (χ1v) is 3.76. The summed E-state index contributed by atoms with van der Waals surface area (Å²) in [4.78, 5) is 0. The van der Waals surface area contributed by atoms with Crippen LogP contribution in [-0.2, 0) is 6.42 Å². The van der Waals surface area contributed by atoms with Crippen molar-refractivity contribution >= 4 is 5.76 Å². The number of hydrogen-bond donors (Lipinski definition) is 1. The van der Waals surface area contributed by atoms with E-state index in [9.17, 15) is 5.11 Å². The van der Waals surface area contributed by atoms with Gasteiger partial charge in [0.25, 0.3) is 0 Å². The molecular weight excluding hydrogens is 136 g/mol. The average Bonchev–Trinajstić information content (AvgIpc) is 2.33. The molecule has 0 unspecified atom stereocenters. The molecule has 1 nitrogen and oxygen atoms in total. The molecule has 0 aromatic heterocycles. The molecule has 0 radical (unpaired) electrons. The Morgan fingerprint density at radius 1 is 1.36 bits per heavy atom. The largest absolute Gasteiger partial charge is 0.508 e. The summed E-state index contributed by atoms with van der Waals surface area (Å²) in [6.07, 6.45) is 2.73.